The third-order valence-electron chi connectivity index (χ3n) is 2.91. The summed E-state index contributed by atoms with van der Waals surface area (Å²) in [6.45, 7) is 4.23. The maximum absolute atomic E-state index is 5.60. The molecule has 0 spiro atoms. The summed E-state index contributed by atoms with van der Waals surface area (Å²) >= 11 is 1.82. The molecule has 7 heteroatoms. The van der Waals surface area contributed by atoms with Crippen molar-refractivity contribution >= 4 is 41.7 Å². The fraction of sp³-hybridized carbons (Fsp3) is 0.923. The van der Waals surface area contributed by atoms with Crippen LogP contribution in [0.2, 0.25) is 0 Å². The number of rotatable bonds is 9. The molecule has 0 aliphatic carbocycles. The van der Waals surface area contributed by atoms with Crippen LogP contribution in [0.15, 0.2) is 4.99 Å². The van der Waals surface area contributed by atoms with Crippen molar-refractivity contribution in [3.05, 3.63) is 0 Å². The Morgan fingerprint density at radius 1 is 1.40 bits per heavy atom. The van der Waals surface area contributed by atoms with Gasteiger partial charge in [0.2, 0.25) is 0 Å². The van der Waals surface area contributed by atoms with Gasteiger partial charge in [0, 0.05) is 39.1 Å². The lowest BCUT2D eigenvalue weighted by atomic mass is 10.2. The van der Waals surface area contributed by atoms with E-state index in [1.54, 1.807) is 7.05 Å². The van der Waals surface area contributed by atoms with Gasteiger partial charge < -0.3 is 20.1 Å². The molecule has 1 aliphatic rings. The quantitative estimate of drug-likeness (QED) is 0.259. The highest BCUT2D eigenvalue weighted by molar-refractivity contribution is 14.0. The summed E-state index contributed by atoms with van der Waals surface area (Å²) in [5.41, 5.74) is 0. The predicted molar refractivity (Wildman–Crippen MR) is 97.6 cm³/mol. The van der Waals surface area contributed by atoms with E-state index in [-0.39, 0.29) is 24.0 Å². The van der Waals surface area contributed by atoms with Crippen molar-refractivity contribution in [3.8, 4) is 0 Å². The van der Waals surface area contributed by atoms with Crippen LogP contribution in [0.1, 0.15) is 19.3 Å². The monoisotopic (exact) mass is 417 g/mol. The van der Waals surface area contributed by atoms with Crippen LogP contribution in [-0.2, 0) is 9.47 Å². The highest BCUT2D eigenvalue weighted by atomic mass is 127. The summed E-state index contributed by atoms with van der Waals surface area (Å²) in [7, 11) is 1.79. The van der Waals surface area contributed by atoms with Crippen LogP contribution >= 0.6 is 35.7 Å². The smallest absolute Gasteiger partial charge is 0.191 e. The highest BCUT2D eigenvalue weighted by Gasteiger charge is 2.14. The maximum Gasteiger partial charge on any atom is 0.191 e. The minimum absolute atomic E-state index is 0. The van der Waals surface area contributed by atoms with Gasteiger partial charge in [0.1, 0.15) is 0 Å². The van der Waals surface area contributed by atoms with Gasteiger partial charge in [-0.25, -0.2) is 0 Å². The standard InChI is InChI=1S/C13H27N3O2S.HI/c1-14-13(16-7-10-19-2)15-6-4-8-17-11-12-5-3-9-18-12;/h12H,3-11H2,1-2H3,(H2,14,15,16);1H. The number of halogens is 1. The zero-order valence-electron chi connectivity index (χ0n) is 12.5. The minimum atomic E-state index is 0. The molecule has 0 saturated carbocycles. The minimum Gasteiger partial charge on any atom is -0.379 e. The molecule has 1 unspecified atom stereocenters. The Morgan fingerprint density at radius 2 is 2.20 bits per heavy atom. The van der Waals surface area contributed by atoms with E-state index in [2.05, 4.69) is 21.9 Å². The highest BCUT2D eigenvalue weighted by Crippen LogP contribution is 2.11. The van der Waals surface area contributed by atoms with Gasteiger partial charge in [-0.2, -0.15) is 11.8 Å². The van der Waals surface area contributed by atoms with E-state index in [0.29, 0.717) is 6.10 Å². The van der Waals surface area contributed by atoms with Crippen molar-refractivity contribution < 1.29 is 9.47 Å². The summed E-state index contributed by atoms with van der Waals surface area (Å²) < 4.78 is 11.1. The average molecular weight is 417 g/mol. The lowest BCUT2D eigenvalue weighted by molar-refractivity contribution is 0.0168. The van der Waals surface area contributed by atoms with Crippen LogP contribution in [0.3, 0.4) is 0 Å². The van der Waals surface area contributed by atoms with Crippen molar-refractivity contribution in [2.45, 2.75) is 25.4 Å². The van der Waals surface area contributed by atoms with Gasteiger partial charge in [0.05, 0.1) is 12.7 Å². The second-order valence-electron chi connectivity index (χ2n) is 4.48. The molecule has 0 aromatic heterocycles. The summed E-state index contributed by atoms with van der Waals surface area (Å²) in [6, 6.07) is 0. The fourth-order valence-electron chi connectivity index (χ4n) is 1.86. The third kappa shape index (κ3) is 10.1. The lowest BCUT2D eigenvalue weighted by Crippen LogP contribution is -2.39. The Labute approximate surface area is 144 Å². The summed E-state index contributed by atoms with van der Waals surface area (Å²) in [5, 5.41) is 6.54. The molecule has 0 aromatic carbocycles. The average Bonchev–Trinajstić information content (AvgIpc) is 2.94. The van der Waals surface area contributed by atoms with E-state index in [0.717, 1.165) is 57.5 Å². The Morgan fingerprint density at radius 3 is 2.85 bits per heavy atom. The van der Waals surface area contributed by atoms with Crippen molar-refractivity contribution in [1.82, 2.24) is 10.6 Å². The van der Waals surface area contributed by atoms with E-state index in [1.165, 1.54) is 6.42 Å². The second-order valence-corrected chi connectivity index (χ2v) is 5.47. The Balaban J connectivity index is 0.00000361. The Hall–Kier alpha value is 0.270. The molecule has 2 N–H and O–H groups in total. The first-order chi connectivity index (χ1) is 9.36. The molecular formula is C13H28IN3O2S. The molecule has 0 bridgehead atoms. The summed E-state index contributed by atoms with van der Waals surface area (Å²) in [5.74, 6) is 1.96. The first-order valence-electron chi connectivity index (χ1n) is 6.99. The van der Waals surface area contributed by atoms with Crippen LogP contribution < -0.4 is 10.6 Å². The summed E-state index contributed by atoms with van der Waals surface area (Å²) in [6.07, 6.45) is 5.73. The van der Waals surface area contributed by atoms with Crippen LogP contribution in [0.5, 0.6) is 0 Å². The van der Waals surface area contributed by atoms with E-state index in [9.17, 15) is 0 Å². The van der Waals surface area contributed by atoms with Crippen molar-refractivity contribution in [1.29, 1.82) is 0 Å². The number of hydrogen-bond acceptors (Lipinski definition) is 4. The van der Waals surface area contributed by atoms with E-state index < -0.39 is 0 Å². The first-order valence-corrected chi connectivity index (χ1v) is 8.39. The third-order valence-corrected chi connectivity index (χ3v) is 3.52. The van der Waals surface area contributed by atoms with Gasteiger partial charge in [0.25, 0.3) is 0 Å². The number of thioether (sulfide) groups is 1. The van der Waals surface area contributed by atoms with Crippen LogP contribution in [0, 0.1) is 0 Å². The van der Waals surface area contributed by atoms with Gasteiger partial charge in [0.15, 0.2) is 5.96 Å². The molecule has 5 nitrogen and oxygen atoms in total. The van der Waals surface area contributed by atoms with Gasteiger partial charge in [-0.05, 0) is 25.5 Å². The molecule has 0 aromatic rings. The molecule has 120 valence electrons. The van der Waals surface area contributed by atoms with Gasteiger partial charge in [-0.1, -0.05) is 0 Å². The van der Waals surface area contributed by atoms with Crippen molar-refractivity contribution in [3.63, 3.8) is 0 Å². The zero-order valence-corrected chi connectivity index (χ0v) is 15.7. The predicted octanol–water partition coefficient (Wildman–Crippen LogP) is 1.72. The van der Waals surface area contributed by atoms with Crippen LogP contribution in [-0.4, -0.2) is 64.0 Å². The Kier molecular flexibility index (Phi) is 14.4. The lowest BCUT2D eigenvalue weighted by Gasteiger charge is -2.12. The maximum atomic E-state index is 5.60. The van der Waals surface area contributed by atoms with Gasteiger partial charge in [-0.3, -0.25) is 4.99 Å². The van der Waals surface area contributed by atoms with Crippen LogP contribution in [0.25, 0.3) is 0 Å². The zero-order chi connectivity index (χ0) is 13.8. The van der Waals surface area contributed by atoms with Gasteiger partial charge >= 0.3 is 0 Å². The van der Waals surface area contributed by atoms with Crippen LogP contribution in [0.4, 0.5) is 0 Å². The number of nitrogens with zero attached hydrogens (tertiary/aromatic N) is 1. The van der Waals surface area contributed by atoms with Crippen molar-refractivity contribution in [2.75, 3.05) is 52.0 Å². The number of aliphatic imine (C=N–C) groups is 1. The molecule has 0 amide bonds. The number of guanidine groups is 1. The molecule has 1 fully saturated rings. The topological polar surface area (TPSA) is 54.9 Å². The SMILES string of the molecule is CN=C(NCCCOCC1CCCO1)NCCSC.I. The molecule has 1 aliphatic heterocycles. The summed E-state index contributed by atoms with van der Waals surface area (Å²) in [4.78, 5) is 4.17. The Bertz CT molecular complexity index is 252. The molecule has 1 rings (SSSR count). The van der Waals surface area contributed by atoms with E-state index in [1.807, 2.05) is 11.8 Å². The molecule has 20 heavy (non-hydrogen) atoms. The largest absolute Gasteiger partial charge is 0.379 e. The fourth-order valence-corrected chi connectivity index (χ4v) is 2.17. The first kappa shape index (κ1) is 20.3. The van der Waals surface area contributed by atoms with E-state index >= 15 is 0 Å². The molecule has 1 saturated heterocycles. The number of nitrogens with one attached hydrogen (secondary N) is 2. The molecule has 1 atom stereocenters. The van der Waals surface area contributed by atoms with Crippen molar-refractivity contribution in [2.24, 2.45) is 4.99 Å². The number of ether oxygens (including phenoxy) is 2. The van der Waals surface area contributed by atoms with Gasteiger partial charge in [-0.15, -0.1) is 24.0 Å². The second kappa shape index (κ2) is 14.2. The molecule has 1 heterocycles. The molecular weight excluding hydrogens is 389 g/mol. The van der Waals surface area contributed by atoms with E-state index in [4.69, 9.17) is 9.47 Å². The molecule has 0 radical (unpaired) electrons. The number of hydrogen-bond donors (Lipinski definition) is 2. The normalized spacial score (nSPS) is 18.7.